The first-order chi connectivity index (χ1) is 6.69. The highest BCUT2D eigenvalue weighted by molar-refractivity contribution is 7.99. The highest BCUT2D eigenvalue weighted by Gasteiger charge is 2.06. The molecule has 3 heteroatoms. The van der Waals surface area contributed by atoms with Gasteiger partial charge in [0.15, 0.2) is 5.78 Å². The summed E-state index contributed by atoms with van der Waals surface area (Å²) >= 11 is 1.54. The van der Waals surface area contributed by atoms with E-state index in [2.05, 4.69) is 0 Å². The summed E-state index contributed by atoms with van der Waals surface area (Å²) in [4.78, 5) is 11.5. The molecule has 0 heterocycles. The van der Waals surface area contributed by atoms with Crippen LogP contribution in [-0.4, -0.2) is 24.9 Å². The Morgan fingerprint density at radius 2 is 2.21 bits per heavy atom. The minimum atomic E-state index is 0.170. The van der Waals surface area contributed by atoms with Crippen molar-refractivity contribution in [3.05, 3.63) is 29.3 Å². The van der Waals surface area contributed by atoms with Crippen LogP contribution in [0, 0.1) is 6.92 Å². The Bertz CT molecular complexity index is 334. The molecule has 0 amide bonds. The van der Waals surface area contributed by atoms with E-state index in [-0.39, 0.29) is 5.78 Å². The maximum atomic E-state index is 11.5. The van der Waals surface area contributed by atoms with E-state index < -0.39 is 0 Å². The van der Waals surface area contributed by atoms with Gasteiger partial charge in [0.1, 0.15) is 5.75 Å². The highest BCUT2D eigenvalue weighted by atomic mass is 32.2. The Hall–Kier alpha value is -0.960. The predicted molar refractivity (Wildman–Crippen MR) is 60.4 cm³/mol. The van der Waals surface area contributed by atoms with E-state index >= 15 is 0 Å². The molecule has 0 fully saturated rings. The molecule has 76 valence electrons. The van der Waals surface area contributed by atoms with Crippen molar-refractivity contribution in [1.29, 1.82) is 0 Å². The number of aryl methyl sites for hydroxylation is 1. The van der Waals surface area contributed by atoms with E-state index in [1.807, 2.05) is 31.4 Å². The van der Waals surface area contributed by atoms with Gasteiger partial charge in [-0.3, -0.25) is 4.79 Å². The number of hydrogen-bond donors (Lipinski definition) is 0. The fourth-order valence-electron chi connectivity index (χ4n) is 1.27. The molecule has 0 saturated carbocycles. The molecule has 0 radical (unpaired) electrons. The van der Waals surface area contributed by atoms with E-state index in [0.717, 1.165) is 16.9 Å². The van der Waals surface area contributed by atoms with E-state index in [1.165, 1.54) is 11.8 Å². The van der Waals surface area contributed by atoms with Crippen LogP contribution in [0.5, 0.6) is 5.75 Å². The lowest BCUT2D eigenvalue weighted by Crippen LogP contribution is -2.02. The van der Waals surface area contributed by atoms with Gasteiger partial charge < -0.3 is 4.74 Å². The van der Waals surface area contributed by atoms with Gasteiger partial charge >= 0.3 is 0 Å². The van der Waals surface area contributed by atoms with Gasteiger partial charge in [-0.2, -0.15) is 11.8 Å². The third kappa shape index (κ3) is 2.51. The Labute approximate surface area is 88.7 Å². The molecule has 0 atom stereocenters. The van der Waals surface area contributed by atoms with Crippen LogP contribution in [0.25, 0.3) is 0 Å². The lowest BCUT2D eigenvalue weighted by molar-refractivity contribution is 0.102. The van der Waals surface area contributed by atoms with E-state index in [1.54, 1.807) is 7.11 Å². The summed E-state index contributed by atoms with van der Waals surface area (Å²) in [5.41, 5.74) is 1.76. The highest BCUT2D eigenvalue weighted by Crippen LogP contribution is 2.19. The zero-order chi connectivity index (χ0) is 10.6. The minimum absolute atomic E-state index is 0.170. The van der Waals surface area contributed by atoms with Gasteiger partial charge in [0.2, 0.25) is 0 Å². The molecule has 0 aliphatic heterocycles. The molecule has 2 nitrogen and oxygen atoms in total. The second-order valence-corrected chi connectivity index (χ2v) is 3.91. The van der Waals surface area contributed by atoms with Crippen molar-refractivity contribution in [3.8, 4) is 5.75 Å². The van der Waals surface area contributed by atoms with E-state index in [9.17, 15) is 4.79 Å². The number of ketones is 1. The van der Waals surface area contributed by atoms with Crippen LogP contribution < -0.4 is 4.74 Å². The zero-order valence-electron chi connectivity index (χ0n) is 8.66. The van der Waals surface area contributed by atoms with Crippen LogP contribution in [0.15, 0.2) is 18.2 Å². The molecule has 0 spiro atoms. The molecule has 14 heavy (non-hydrogen) atoms. The second kappa shape index (κ2) is 5.05. The molecule has 0 aliphatic rings. The number of Topliss-reactive ketones (excluding diaryl/α,β-unsaturated/α-hetero) is 1. The number of rotatable bonds is 4. The Morgan fingerprint density at radius 3 is 2.71 bits per heavy atom. The predicted octanol–water partition coefficient (Wildman–Crippen LogP) is 2.55. The lowest BCUT2D eigenvalue weighted by atomic mass is 10.1. The maximum absolute atomic E-state index is 11.5. The summed E-state index contributed by atoms with van der Waals surface area (Å²) in [7, 11) is 1.63. The van der Waals surface area contributed by atoms with Crippen LogP contribution in [0.1, 0.15) is 15.9 Å². The fraction of sp³-hybridized carbons (Fsp3) is 0.364. The third-order valence-corrected chi connectivity index (χ3v) is 2.54. The SMILES string of the molecule is COc1ccc(C(=O)CSC)cc1C. The summed E-state index contributed by atoms with van der Waals surface area (Å²) in [6.07, 6.45) is 1.92. The maximum Gasteiger partial charge on any atom is 0.172 e. The van der Waals surface area contributed by atoms with Crippen LogP contribution in [0.4, 0.5) is 0 Å². The largest absolute Gasteiger partial charge is 0.496 e. The Balaban J connectivity index is 2.91. The first-order valence-electron chi connectivity index (χ1n) is 4.36. The molecular formula is C11H14O2S. The third-order valence-electron chi connectivity index (χ3n) is 1.99. The van der Waals surface area contributed by atoms with Crippen LogP contribution in [-0.2, 0) is 0 Å². The van der Waals surface area contributed by atoms with Crippen molar-refractivity contribution in [1.82, 2.24) is 0 Å². The summed E-state index contributed by atoms with van der Waals surface area (Å²) in [6, 6.07) is 5.52. The normalized spacial score (nSPS) is 9.93. The van der Waals surface area contributed by atoms with E-state index in [4.69, 9.17) is 4.74 Å². The van der Waals surface area contributed by atoms with Gasteiger partial charge in [0.25, 0.3) is 0 Å². The molecule has 0 aromatic heterocycles. The Morgan fingerprint density at radius 1 is 1.50 bits per heavy atom. The average Bonchev–Trinajstić information content (AvgIpc) is 2.18. The van der Waals surface area contributed by atoms with Crippen LogP contribution >= 0.6 is 11.8 Å². The van der Waals surface area contributed by atoms with Crippen molar-refractivity contribution in [3.63, 3.8) is 0 Å². The summed E-state index contributed by atoms with van der Waals surface area (Å²) in [5.74, 6) is 1.53. The van der Waals surface area contributed by atoms with Gasteiger partial charge in [-0.05, 0) is 36.9 Å². The number of ether oxygens (including phenoxy) is 1. The standard InChI is InChI=1S/C11H14O2S/c1-8-6-9(10(12)7-14-3)4-5-11(8)13-2/h4-6H,7H2,1-3H3. The number of benzene rings is 1. The number of carbonyl (C=O) groups excluding carboxylic acids is 1. The number of methoxy groups -OCH3 is 1. The van der Waals surface area contributed by atoms with Crippen molar-refractivity contribution in [2.75, 3.05) is 19.1 Å². The Kier molecular flexibility index (Phi) is 4.01. The molecule has 1 aromatic rings. The topological polar surface area (TPSA) is 26.3 Å². The van der Waals surface area contributed by atoms with Crippen molar-refractivity contribution in [2.24, 2.45) is 0 Å². The molecule has 0 aliphatic carbocycles. The van der Waals surface area contributed by atoms with Gasteiger partial charge in [-0.25, -0.2) is 0 Å². The number of thioether (sulfide) groups is 1. The van der Waals surface area contributed by atoms with Crippen LogP contribution in [0.3, 0.4) is 0 Å². The molecule has 0 saturated heterocycles. The molecule has 0 unspecified atom stereocenters. The van der Waals surface area contributed by atoms with Crippen molar-refractivity contribution >= 4 is 17.5 Å². The smallest absolute Gasteiger partial charge is 0.172 e. The monoisotopic (exact) mass is 210 g/mol. The first kappa shape index (κ1) is 11.1. The second-order valence-electron chi connectivity index (χ2n) is 3.04. The number of carbonyl (C=O) groups is 1. The lowest BCUT2D eigenvalue weighted by Gasteiger charge is -2.06. The fourth-order valence-corrected chi connectivity index (χ4v) is 1.70. The molecule has 0 bridgehead atoms. The van der Waals surface area contributed by atoms with Crippen LogP contribution in [0.2, 0.25) is 0 Å². The van der Waals surface area contributed by atoms with Crippen molar-refractivity contribution < 1.29 is 9.53 Å². The molecule has 1 aromatic carbocycles. The summed E-state index contributed by atoms with van der Waals surface area (Å²) in [6.45, 7) is 1.94. The first-order valence-corrected chi connectivity index (χ1v) is 5.75. The van der Waals surface area contributed by atoms with Gasteiger partial charge in [0, 0.05) is 5.56 Å². The van der Waals surface area contributed by atoms with Gasteiger partial charge in [-0.1, -0.05) is 0 Å². The van der Waals surface area contributed by atoms with Gasteiger partial charge in [-0.15, -0.1) is 0 Å². The molecule has 0 N–H and O–H groups in total. The number of hydrogen-bond acceptors (Lipinski definition) is 3. The van der Waals surface area contributed by atoms with Crippen molar-refractivity contribution in [2.45, 2.75) is 6.92 Å². The van der Waals surface area contributed by atoms with E-state index in [0.29, 0.717) is 5.75 Å². The molecule has 1 rings (SSSR count). The summed E-state index contributed by atoms with van der Waals surface area (Å²) in [5, 5.41) is 0. The average molecular weight is 210 g/mol. The zero-order valence-corrected chi connectivity index (χ0v) is 9.48. The van der Waals surface area contributed by atoms with Gasteiger partial charge in [0.05, 0.1) is 12.9 Å². The minimum Gasteiger partial charge on any atom is -0.496 e. The quantitative estimate of drug-likeness (QED) is 0.714. The summed E-state index contributed by atoms with van der Waals surface area (Å²) < 4.78 is 5.12. The molecular weight excluding hydrogens is 196 g/mol.